The summed E-state index contributed by atoms with van der Waals surface area (Å²) in [6.07, 6.45) is 16.8. The third-order valence-electron chi connectivity index (χ3n) is 9.06. The van der Waals surface area contributed by atoms with Crippen LogP contribution in [0, 0.1) is 23.2 Å². The highest BCUT2D eigenvalue weighted by Gasteiger charge is 2.46. The molecule has 0 aromatic heterocycles. The molecule has 3 unspecified atom stereocenters. The van der Waals surface area contributed by atoms with Crippen LogP contribution in [-0.2, 0) is 4.79 Å². The molecule has 1 N–H and O–H groups in total. The average molecular weight is 509 g/mol. The predicted octanol–water partition coefficient (Wildman–Crippen LogP) is 6.78. The van der Waals surface area contributed by atoms with Crippen LogP contribution in [0.5, 0.6) is 5.75 Å². The van der Waals surface area contributed by atoms with E-state index in [0.29, 0.717) is 22.8 Å². The van der Waals surface area contributed by atoms with Gasteiger partial charge in [-0.25, -0.2) is 0 Å². The Labute approximate surface area is 224 Å². The van der Waals surface area contributed by atoms with Crippen molar-refractivity contribution in [1.29, 1.82) is 0 Å². The Morgan fingerprint density at radius 3 is 2.43 bits per heavy atom. The lowest BCUT2D eigenvalue weighted by Crippen LogP contribution is -2.44. The van der Waals surface area contributed by atoms with E-state index in [4.69, 9.17) is 4.74 Å². The molecule has 5 heteroatoms. The minimum absolute atomic E-state index is 0.0193. The molecule has 1 saturated carbocycles. The molecule has 2 amide bonds. The minimum atomic E-state index is -0.0193. The molecule has 2 bridgehead atoms. The molecular formula is C32H48N2O3. The number of nitrogens with zero attached hydrogens (tertiary/aromatic N) is 1. The second-order valence-electron chi connectivity index (χ2n) is 11.8. The fraction of sp³-hybridized carbons (Fsp3) is 0.688. The van der Waals surface area contributed by atoms with Crippen LogP contribution in [0.15, 0.2) is 36.4 Å². The van der Waals surface area contributed by atoms with Gasteiger partial charge in [0.15, 0.2) is 0 Å². The predicted molar refractivity (Wildman–Crippen MR) is 150 cm³/mol. The number of nitrogens with one attached hydrogen (secondary N) is 1. The lowest BCUT2D eigenvalue weighted by Gasteiger charge is -2.36. The highest BCUT2D eigenvalue weighted by atomic mass is 16.5. The third-order valence-corrected chi connectivity index (χ3v) is 9.06. The van der Waals surface area contributed by atoms with Crippen LogP contribution in [0.25, 0.3) is 0 Å². The van der Waals surface area contributed by atoms with E-state index in [-0.39, 0.29) is 17.9 Å². The molecule has 3 aliphatic rings. The number of allylic oxidation sites excluding steroid dienone is 2. The lowest BCUT2D eigenvalue weighted by molar-refractivity contribution is -0.137. The summed E-state index contributed by atoms with van der Waals surface area (Å²) in [4.78, 5) is 28.0. The molecule has 5 nitrogen and oxygen atoms in total. The summed E-state index contributed by atoms with van der Waals surface area (Å²) in [5.41, 5.74) is 1.03. The maximum atomic E-state index is 13.0. The first-order valence-corrected chi connectivity index (χ1v) is 15.0. The third kappa shape index (κ3) is 6.78. The molecule has 4 rings (SSSR count). The molecule has 1 aromatic carbocycles. The summed E-state index contributed by atoms with van der Waals surface area (Å²) in [6.45, 7) is 8.82. The smallest absolute Gasteiger partial charge is 0.251 e. The number of amides is 2. The molecular weight excluding hydrogens is 460 g/mol. The first-order chi connectivity index (χ1) is 18.0. The van der Waals surface area contributed by atoms with Crippen molar-refractivity contribution in [3.8, 4) is 5.75 Å². The molecule has 2 fully saturated rings. The van der Waals surface area contributed by atoms with Crippen LogP contribution in [0.4, 0.5) is 0 Å². The number of likely N-dealkylation sites (tertiary alicyclic amines) is 1. The van der Waals surface area contributed by atoms with Gasteiger partial charge in [-0.3, -0.25) is 9.59 Å². The number of hydrogen-bond acceptors (Lipinski definition) is 3. The number of carbonyl (C=O) groups is 2. The fourth-order valence-corrected chi connectivity index (χ4v) is 7.22. The normalized spacial score (nSPS) is 25.1. The van der Waals surface area contributed by atoms with Crippen molar-refractivity contribution in [2.75, 3.05) is 19.6 Å². The van der Waals surface area contributed by atoms with E-state index < -0.39 is 0 Å². The van der Waals surface area contributed by atoms with Gasteiger partial charge in [-0.15, -0.1) is 0 Å². The van der Waals surface area contributed by atoms with Gasteiger partial charge < -0.3 is 15.0 Å². The molecule has 1 aliphatic heterocycles. The van der Waals surface area contributed by atoms with E-state index in [1.54, 1.807) is 0 Å². The Hall–Kier alpha value is -2.30. The Balaban J connectivity index is 1.25. The van der Waals surface area contributed by atoms with E-state index in [9.17, 15) is 9.59 Å². The largest absolute Gasteiger partial charge is 0.490 e. The van der Waals surface area contributed by atoms with Crippen LogP contribution in [0.2, 0.25) is 0 Å². The molecule has 2 aliphatic carbocycles. The Kier molecular flexibility index (Phi) is 9.72. The quantitative estimate of drug-likeness (QED) is 0.299. The van der Waals surface area contributed by atoms with Crippen molar-refractivity contribution in [2.24, 2.45) is 23.2 Å². The van der Waals surface area contributed by atoms with Crippen molar-refractivity contribution < 1.29 is 14.3 Å². The van der Waals surface area contributed by atoms with Crippen molar-refractivity contribution in [3.63, 3.8) is 0 Å². The molecule has 1 saturated heterocycles. The maximum absolute atomic E-state index is 13.0. The van der Waals surface area contributed by atoms with E-state index in [2.05, 4.69) is 38.2 Å². The van der Waals surface area contributed by atoms with E-state index >= 15 is 0 Å². The van der Waals surface area contributed by atoms with Gasteiger partial charge in [-0.05, 0) is 74.0 Å². The van der Waals surface area contributed by atoms with Crippen molar-refractivity contribution in [3.05, 3.63) is 42.0 Å². The number of fused-ring (bicyclic) bond motifs is 2. The summed E-state index contributed by atoms with van der Waals surface area (Å²) in [5.74, 6) is 2.65. The lowest BCUT2D eigenvalue weighted by atomic mass is 9.70. The van der Waals surface area contributed by atoms with Gasteiger partial charge in [0.05, 0.1) is 0 Å². The number of piperidine rings is 1. The summed E-state index contributed by atoms with van der Waals surface area (Å²) < 4.78 is 6.27. The topological polar surface area (TPSA) is 58.6 Å². The number of benzene rings is 1. The Bertz CT molecular complexity index is 930. The standard InChI is InChI=1S/C32H48N2O3/c1-4-8-25(9-5-2)31(36)34-19-14-28(15-20-34)37-29-11-7-10-26(22-29)30(35)33-18-17-32(16-6-3)23-24-12-13-27(32)21-24/h7,10-13,22,24-25,27-28H,4-6,8-9,14-21,23H2,1-3H3,(H,33,35). The first-order valence-electron chi connectivity index (χ1n) is 15.0. The molecule has 204 valence electrons. The SMILES string of the molecule is CCCC(CCC)C(=O)N1CCC(Oc2cccc(C(=O)NCCC3(CCC)CC4C=CC3C4)c2)CC1. The van der Waals surface area contributed by atoms with Crippen molar-refractivity contribution >= 4 is 11.8 Å². The monoisotopic (exact) mass is 508 g/mol. The molecule has 0 radical (unpaired) electrons. The van der Waals surface area contributed by atoms with Gasteiger partial charge in [-0.1, -0.05) is 58.3 Å². The maximum Gasteiger partial charge on any atom is 0.251 e. The van der Waals surface area contributed by atoms with E-state index in [0.717, 1.165) is 76.2 Å². The van der Waals surface area contributed by atoms with Crippen LogP contribution in [0.3, 0.4) is 0 Å². The summed E-state index contributed by atoms with van der Waals surface area (Å²) in [5, 5.41) is 3.19. The van der Waals surface area contributed by atoms with Gasteiger partial charge in [0.2, 0.25) is 5.91 Å². The molecule has 37 heavy (non-hydrogen) atoms. The van der Waals surface area contributed by atoms with Gasteiger partial charge in [0.1, 0.15) is 11.9 Å². The van der Waals surface area contributed by atoms with Crippen molar-refractivity contribution in [2.45, 2.75) is 97.5 Å². The first kappa shape index (κ1) is 27.7. The zero-order valence-corrected chi connectivity index (χ0v) is 23.3. The van der Waals surface area contributed by atoms with Crippen molar-refractivity contribution in [1.82, 2.24) is 10.2 Å². The van der Waals surface area contributed by atoms with Gasteiger partial charge in [0, 0.05) is 44.0 Å². The van der Waals surface area contributed by atoms with Crippen LogP contribution >= 0.6 is 0 Å². The summed E-state index contributed by atoms with van der Waals surface area (Å²) in [7, 11) is 0. The van der Waals surface area contributed by atoms with Crippen LogP contribution < -0.4 is 10.1 Å². The number of hydrogen-bond donors (Lipinski definition) is 1. The molecule has 1 aromatic rings. The zero-order chi connectivity index (χ0) is 26.3. The molecule has 0 spiro atoms. The highest BCUT2D eigenvalue weighted by molar-refractivity contribution is 5.94. The van der Waals surface area contributed by atoms with Gasteiger partial charge in [-0.2, -0.15) is 0 Å². The minimum Gasteiger partial charge on any atom is -0.490 e. The molecule has 1 heterocycles. The van der Waals surface area contributed by atoms with Crippen LogP contribution in [-0.4, -0.2) is 42.5 Å². The number of carbonyl (C=O) groups excluding carboxylic acids is 2. The van der Waals surface area contributed by atoms with E-state index in [1.807, 2.05) is 29.2 Å². The number of rotatable bonds is 13. The molecule has 3 atom stereocenters. The highest BCUT2D eigenvalue weighted by Crippen LogP contribution is 2.56. The summed E-state index contributed by atoms with van der Waals surface area (Å²) >= 11 is 0. The Morgan fingerprint density at radius 2 is 1.81 bits per heavy atom. The van der Waals surface area contributed by atoms with E-state index in [1.165, 1.54) is 25.7 Å². The zero-order valence-electron chi connectivity index (χ0n) is 23.3. The average Bonchev–Trinajstić information content (AvgIpc) is 3.51. The fourth-order valence-electron chi connectivity index (χ4n) is 7.22. The number of ether oxygens (including phenoxy) is 1. The second kappa shape index (κ2) is 13.0. The Morgan fingerprint density at radius 1 is 1.05 bits per heavy atom. The second-order valence-corrected chi connectivity index (χ2v) is 11.8. The van der Waals surface area contributed by atoms with Crippen LogP contribution in [0.1, 0.15) is 102 Å². The van der Waals surface area contributed by atoms with Gasteiger partial charge in [0.25, 0.3) is 5.91 Å². The van der Waals surface area contributed by atoms with Gasteiger partial charge >= 0.3 is 0 Å². The summed E-state index contributed by atoms with van der Waals surface area (Å²) in [6, 6.07) is 7.58.